The SMILES string of the molecule is Cc1ccc(OC[C@@H](O)CN2C(=O)N[C@@](C)(c3ccc(OC(F)F)cc3)C2=O)cc1. The maximum Gasteiger partial charge on any atom is 0.387 e. The molecule has 2 N–H and O–H groups in total. The zero-order valence-electron chi connectivity index (χ0n) is 16.5. The van der Waals surface area contributed by atoms with E-state index in [1.165, 1.54) is 31.2 Å². The summed E-state index contributed by atoms with van der Waals surface area (Å²) in [6, 6.07) is 12.0. The van der Waals surface area contributed by atoms with E-state index in [1.54, 1.807) is 12.1 Å². The number of ether oxygens (including phenoxy) is 2. The van der Waals surface area contributed by atoms with Crippen LogP contribution in [0.5, 0.6) is 11.5 Å². The van der Waals surface area contributed by atoms with Crippen molar-refractivity contribution in [3.05, 3.63) is 59.7 Å². The molecular weight excluding hydrogens is 398 g/mol. The number of β-amino-alcohol motifs (C(OH)–C–C–N with tert-alkyl or cyclic N) is 1. The third kappa shape index (κ3) is 4.68. The summed E-state index contributed by atoms with van der Waals surface area (Å²) < 4.78 is 34.4. The third-order valence-electron chi connectivity index (χ3n) is 4.79. The highest BCUT2D eigenvalue weighted by Gasteiger charge is 2.49. The predicted octanol–water partition coefficient (Wildman–Crippen LogP) is 2.80. The summed E-state index contributed by atoms with van der Waals surface area (Å²) in [5.41, 5.74) is 0.0727. The normalized spacial score (nSPS) is 19.7. The van der Waals surface area contributed by atoms with Gasteiger partial charge in [0.2, 0.25) is 0 Å². The molecule has 0 unspecified atom stereocenters. The molecule has 0 saturated carbocycles. The molecule has 1 fully saturated rings. The van der Waals surface area contributed by atoms with Crippen molar-refractivity contribution in [2.24, 2.45) is 0 Å². The number of aliphatic hydroxyl groups excluding tert-OH is 1. The van der Waals surface area contributed by atoms with Crippen molar-refractivity contribution in [3.63, 3.8) is 0 Å². The Bertz CT molecular complexity index is 905. The van der Waals surface area contributed by atoms with Crippen LogP contribution in [0.15, 0.2) is 48.5 Å². The maximum atomic E-state index is 12.9. The Kier molecular flexibility index (Phi) is 6.21. The number of halogens is 2. The van der Waals surface area contributed by atoms with Crippen molar-refractivity contribution in [2.75, 3.05) is 13.2 Å². The van der Waals surface area contributed by atoms with Gasteiger partial charge < -0.3 is 19.9 Å². The maximum absolute atomic E-state index is 12.9. The number of nitrogens with zero attached hydrogens (tertiary/aromatic N) is 1. The van der Waals surface area contributed by atoms with Gasteiger partial charge in [-0.15, -0.1) is 0 Å². The van der Waals surface area contributed by atoms with Crippen LogP contribution < -0.4 is 14.8 Å². The minimum atomic E-state index is -2.96. The fraction of sp³-hybridized carbons (Fsp3) is 0.333. The molecule has 0 aromatic heterocycles. The Morgan fingerprint density at radius 3 is 2.27 bits per heavy atom. The highest BCUT2D eigenvalue weighted by atomic mass is 19.3. The van der Waals surface area contributed by atoms with Crippen molar-refractivity contribution in [1.82, 2.24) is 10.2 Å². The fourth-order valence-electron chi connectivity index (χ4n) is 3.12. The molecule has 1 saturated heterocycles. The van der Waals surface area contributed by atoms with Gasteiger partial charge in [-0.3, -0.25) is 9.69 Å². The number of aliphatic hydroxyl groups is 1. The number of amides is 3. The van der Waals surface area contributed by atoms with Crippen LogP contribution in [0.25, 0.3) is 0 Å². The van der Waals surface area contributed by atoms with Crippen LogP contribution in [0.2, 0.25) is 0 Å². The van der Waals surface area contributed by atoms with Crippen LogP contribution >= 0.6 is 0 Å². The van der Waals surface area contributed by atoms with E-state index in [-0.39, 0.29) is 18.9 Å². The number of aryl methyl sites for hydroxylation is 1. The highest BCUT2D eigenvalue weighted by Crippen LogP contribution is 2.30. The fourth-order valence-corrected chi connectivity index (χ4v) is 3.12. The molecule has 30 heavy (non-hydrogen) atoms. The Labute approximate surface area is 172 Å². The lowest BCUT2D eigenvalue weighted by atomic mass is 9.92. The Balaban J connectivity index is 1.63. The van der Waals surface area contributed by atoms with Crippen molar-refractivity contribution in [1.29, 1.82) is 0 Å². The molecule has 2 aromatic carbocycles. The summed E-state index contributed by atoms with van der Waals surface area (Å²) in [7, 11) is 0. The van der Waals surface area contributed by atoms with E-state index >= 15 is 0 Å². The number of benzene rings is 2. The van der Waals surface area contributed by atoms with Crippen LogP contribution in [-0.2, 0) is 10.3 Å². The number of urea groups is 1. The zero-order chi connectivity index (χ0) is 21.9. The molecule has 2 atom stereocenters. The second kappa shape index (κ2) is 8.66. The quantitative estimate of drug-likeness (QED) is 0.642. The van der Waals surface area contributed by atoms with Gasteiger partial charge in [-0.05, 0) is 43.7 Å². The zero-order valence-corrected chi connectivity index (χ0v) is 16.5. The summed E-state index contributed by atoms with van der Waals surface area (Å²) >= 11 is 0. The van der Waals surface area contributed by atoms with E-state index in [1.807, 2.05) is 19.1 Å². The molecular formula is C21H22F2N2O5. The number of hydrogen-bond acceptors (Lipinski definition) is 5. The van der Waals surface area contributed by atoms with E-state index < -0.39 is 30.2 Å². The lowest BCUT2D eigenvalue weighted by Gasteiger charge is -2.23. The predicted molar refractivity (Wildman–Crippen MR) is 103 cm³/mol. The van der Waals surface area contributed by atoms with E-state index in [2.05, 4.69) is 10.1 Å². The Hall–Kier alpha value is -3.20. The molecule has 0 spiro atoms. The first-order valence-electron chi connectivity index (χ1n) is 9.26. The van der Waals surface area contributed by atoms with Crippen molar-refractivity contribution < 1.29 is 33.0 Å². The second-order valence-electron chi connectivity index (χ2n) is 7.15. The first kappa shape index (κ1) is 21.5. The van der Waals surface area contributed by atoms with Gasteiger partial charge in [-0.2, -0.15) is 8.78 Å². The first-order chi connectivity index (χ1) is 14.2. The summed E-state index contributed by atoms with van der Waals surface area (Å²) in [5, 5.41) is 12.8. The largest absolute Gasteiger partial charge is 0.491 e. The van der Waals surface area contributed by atoms with Gasteiger partial charge in [0.25, 0.3) is 5.91 Å². The topological polar surface area (TPSA) is 88.1 Å². The van der Waals surface area contributed by atoms with Crippen molar-refractivity contribution in [3.8, 4) is 11.5 Å². The molecule has 1 heterocycles. The number of hydrogen-bond donors (Lipinski definition) is 2. The minimum absolute atomic E-state index is 0.0605. The Morgan fingerprint density at radius 2 is 1.67 bits per heavy atom. The average molecular weight is 420 g/mol. The van der Waals surface area contributed by atoms with Crippen LogP contribution in [0.1, 0.15) is 18.1 Å². The Morgan fingerprint density at radius 1 is 1.07 bits per heavy atom. The molecule has 0 radical (unpaired) electrons. The monoisotopic (exact) mass is 420 g/mol. The van der Waals surface area contributed by atoms with Gasteiger partial charge in [-0.25, -0.2) is 4.79 Å². The lowest BCUT2D eigenvalue weighted by molar-refractivity contribution is -0.132. The van der Waals surface area contributed by atoms with E-state index in [4.69, 9.17) is 4.74 Å². The van der Waals surface area contributed by atoms with E-state index in [0.29, 0.717) is 11.3 Å². The number of rotatable bonds is 8. The molecule has 160 valence electrons. The lowest BCUT2D eigenvalue weighted by Crippen LogP contribution is -2.42. The number of alkyl halides is 2. The number of carbonyl (C=O) groups is 2. The van der Waals surface area contributed by atoms with Gasteiger partial charge in [0.05, 0.1) is 6.54 Å². The molecule has 2 aromatic rings. The molecule has 1 aliphatic rings. The third-order valence-corrected chi connectivity index (χ3v) is 4.79. The standard InChI is InChI=1S/C21H22F2N2O5/c1-13-3-7-16(8-4-13)29-12-15(26)11-25-18(27)21(2,24-20(25)28)14-5-9-17(10-6-14)30-19(22)23/h3-10,15,19,26H,11-12H2,1-2H3,(H,24,28)/t15-,21-/m0/s1. The summed E-state index contributed by atoms with van der Waals surface area (Å²) in [4.78, 5) is 26.1. The molecule has 3 rings (SSSR count). The molecule has 9 heteroatoms. The van der Waals surface area contributed by atoms with Gasteiger partial charge in [0, 0.05) is 0 Å². The van der Waals surface area contributed by atoms with Crippen LogP contribution in [-0.4, -0.2) is 47.8 Å². The summed E-state index contributed by atoms with van der Waals surface area (Å²) in [6.07, 6.45) is -1.09. The summed E-state index contributed by atoms with van der Waals surface area (Å²) in [5.74, 6) is -0.0631. The molecule has 3 amide bonds. The molecule has 0 bridgehead atoms. The average Bonchev–Trinajstić information content (AvgIpc) is 2.91. The van der Waals surface area contributed by atoms with Crippen molar-refractivity contribution >= 4 is 11.9 Å². The van der Waals surface area contributed by atoms with Gasteiger partial charge in [0.15, 0.2) is 0 Å². The molecule has 1 aliphatic heterocycles. The highest BCUT2D eigenvalue weighted by molar-refractivity contribution is 6.07. The van der Waals surface area contributed by atoms with Gasteiger partial charge in [0.1, 0.15) is 29.7 Å². The van der Waals surface area contributed by atoms with Gasteiger partial charge >= 0.3 is 12.6 Å². The number of carbonyl (C=O) groups excluding carboxylic acids is 2. The smallest absolute Gasteiger partial charge is 0.387 e. The summed E-state index contributed by atoms with van der Waals surface area (Å²) in [6.45, 7) is 0.131. The van der Waals surface area contributed by atoms with Crippen LogP contribution in [0.4, 0.5) is 13.6 Å². The number of imide groups is 1. The molecule has 7 nitrogen and oxygen atoms in total. The van der Waals surface area contributed by atoms with Gasteiger partial charge in [-0.1, -0.05) is 29.8 Å². The van der Waals surface area contributed by atoms with Crippen LogP contribution in [0.3, 0.4) is 0 Å². The van der Waals surface area contributed by atoms with Crippen molar-refractivity contribution in [2.45, 2.75) is 32.1 Å². The van der Waals surface area contributed by atoms with E-state index in [9.17, 15) is 23.5 Å². The number of nitrogens with one attached hydrogen (secondary N) is 1. The second-order valence-corrected chi connectivity index (χ2v) is 7.15. The van der Waals surface area contributed by atoms with E-state index in [0.717, 1.165) is 10.5 Å². The van der Waals surface area contributed by atoms with Crippen LogP contribution in [0, 0.1) is 6.92 Å². The minimum Gasteiger partial charge on any atom is -0.491 e. The molecule has 0 aliphatic carbocycles. The first-order valence-corrected chi connectivity index (χ1v) is 9.26.